The molecule has 1 saturated heterocycles. The van der Waals surface area contributed by atoms with E-state index in [9.17, 15) is 29.3 Å². The van der Waals surface area contributed by atoms with Gasteiger partial charge in [-0.2, -0.15) is 0 Å². The van der Waals surface area contributed by atoms with Crippen LogP contribution in [0.2, 0.25) is 0 Å². The number of nitro benzene ring substituents is 1. The number of esters is 3. The number of carbonyl (C=O) groups excluding carboxylic acids is 4. The third-order valence-electron chi connectivity index (χ3n) is 5.51. The number of hydrogen-bond donors (Lipinski definition) is 0. The molecule has 41 heavy (non-hydrogen) atoms. The molecule has 2 aromatic rings. The van der Waals surface area contributed by atoms with E-state index in [0.717, 1.165) is 0 Å². The Morgan fingerprint density at radius 2 is 1.83 bits per heavy atom. The van der Waals surface area contributed by atoms with E-state index in [1.165, 1.54) is 62.6 Å². The second-order valence-corrected chi connectivity index (χ2v) is 8.51. The minimum absolute atomic E-state index is 0.0216. The van der Waals surface area contributed by atoms with Gasteiger partial charge in [0.1, 0.15) is 36.4 Å². The van der Waals surface area contributed by atoms with E-state index < -0.39 is 47.5 Å². The molecule has 1 aliphatic heterocycles. The first-order valence-electron chi connectivity index (χ1n) is 12.2. The molecule has 3 atom stereocenters. The molecule has 218 valence electrons. The zero-order chi connectivity index (χ0) is 29.9. The van der Waals surface area contributed by atoms with Crippen molar-refractivity contribution in [2.75, 3.05) is 13.7 Å². The van der Waals surface area contributed by atoms with Crippen molar-refractivity contribution >= 4 is 29.8 Å². The lowest BCUT2D eigenvalue weighted by molar-refractivity contribution is -0.384. The molecule has 3 rings (SSSR count). The number of hydrogen-bond acceptors (Lipinski definition) is 13. The summed E-state index contributed by atoms with van der Waals surface area (Å²) >= 11 is 0. The van der Waals surface area contributed by atoms with E-state index >= 15 is 0 Å². The number of non-ortho nitro benzene ring substituents is 1. The molecule has 0 N–H and O–H groups in total. The van der Waals surface area contributed by atoms with Gasteiger partial charge in [-0.15, -0.1) is 0 Å². The standard InChI is InChI=1S/C27H27NO13/c1-4-11-36-25(30)21-12-17(15-37-27(32)39-19-8-6-18(7-9-19)28(33)34)5-10-22(21)40-24-14-20(38-16(2)29)13-23(41-24)26(31)35-3/h4-10,12,20,23-24H,1,11,13-15H2,2-3H3/t20-,23-,24+/m0/s1. The topological polar surface area (TPSA) is 176 Å². The Bertz CT molecular complexity index is 1290. The Morgan fingerprint density at radius 3 is 2.46 bits per heavy atom. The van der Waals surface area contributed by atoms with Crippen LogP contribution in [0.4, 0.5) is 10.5 Å². The SMILES string of the molecule is C=CCOC(=O)c1cc(COC(=O)Oc2ccc([N+](=O)[O-])cc2)ccc1O[C@H]1C[C@@H](OC(C)=O)C[C@@H](C(=O)OC)O1. The number of carbonyl (C=O) groups is 4. The van der Waals surface area contributed by atoms with Crippen molar-refractivity contribution in [2.45, 2.75) is 44.9 Å². The van der Waals surface area contributed by atoms with E-state index in [0.29, 0.717) is 5.56 Å². The number of benzene rings is 2. The highest BCUT2D eigenvalue weighted by Crippen LogP contribution is 2.29. The van der Waals surface area contributed by atoms with Crippen molar-refractivity contribution in [3.05, 3.63) is 76.4 Å². The summed E-state index contributed by atoms with van der Waals surface area (Å²) < 4.78 is 36.8. The van der Waals surface area contributed by atoms with Crippen molar-refractivity contribution in [1.82, 2.24) is 0 Å². The summed E-state index contributed by atoms with van der Waals surface area (Å²) in [6.07, 6.45) is -2.47. The lowest BCUT2D eigenvalue weighted by atomic mass is 10.0. The largest absolute Gasteiger partial charge is 0.514 e. The highest BCUT2D eigenvalue weighted by molar-refractivity contribution is 5.92. The zero-order valence-corrected chi connectivity index (χ0v) is 22.1. The molecule has 0 aliphatic carbocycles. The fraction of sp³-hybridized carbons (Fsp3) is 0.333. The van der Waals surface area contributed by atoms with Gasteiger partial charge in [0, 0.05) is 31.9 Å². The van der Waals surface area contributed by atoms with E-state index in [4.69, 9.17) is 33.2 Å². The van der Waals surface area contributed by atoms with Crippen LogP contribution in [0.15, 0.2) is 55.1 Å². The average molecular weight is 574 g/mol. The summed E-state index contributed by atoms with van der Waals surface area (Å²) in [6, 6.07) is 9.09. The van der Waals surface area contributed by atoms with Gasteiger partial charge in [0.25, 0.3) is 5.69 Å². The predicted octanol–water partition coefficient (Wildman–Crippen LogP) is 3.64. The van der Waals surface area contributed by atoms with Crippen LogP contribution in [0.3, 0.4) is 0 Å². The Balaban J connectivity index is 1.73. The van der Waals surface area contributed by atoms with Crippen molar-refractivity contribution < 1.29 is 57.3 Å². The summed E-state index contributed by atoms with van der Waals surface area (Å²) in [5.74, 6) is -1.97. The maximum absolute atomic E-state index is 12.8. The Kier molecular flexibility index (Phi) is 10.7. The van der Waals surface area contributed by atoms with Gasteiger partial charge in [0.15, 0.2) is 6.10 Å². The first kappa shape index (κ1) is 30.6. The molecule has 0 saturated carbocycles. The molecule has 0 radical (unpaired) electrons. The van der Waals surface area contributed by atoms with E-state index in [2.05, 4.69) is 6.58 Å². The Hall–Kier alpha value is -4.98. The van der Waals surface area contributed by atoms with Gasteiger partial charge in [0.05, 0.1) is 12.0 Å². The van der Waals surface area contributed by atoms with Crippen LogP contribution in [0, 0.1) is 10.1 Å². The monoisotopic (exact) mass is 573 g/mol. The van der Waals surface area contributed by atoms with Crippen molar-refractivity contribution in [3.8, 4) is 11.5 Å². The normalized spacial score (nSPS) is 17.9. The molecule has 2 aromatic carbocycles. The van der Waals surface area contributed by atoms with Crippen molar-refractivity contribution in [2.24, 2.45) is 0 Å². The number of nitrogens with zero attached hydrogens (tertiary/aromatic N) is 1. The highest BCUT2D eigenvalue weighted by Gasteiger charge is 2.37. The summed E-state index contributed by atoms with van der Waals surface area (Å²) in [7, 11) is 1.19. The summed E-state index contributed by atoms with van der Waals surface area (Å²) in [6.45, 7) is 4.32. The zero-order valence-electron chi connectivity index (χ0n) is 22.1. The first-order chi connectivity index (χ1) is 19.6. The third-order valence-corrected chi connectivity index (χ3v) is 5.51. The van der Waals surface area contributed by atoms with E-state index in [1.54, 1.807) is 0 Å². The van der Waals surface area contributed by atoms with Crippen LogP contribution in [-0.4, -0.2) is 61.2 Å². The highest BCUT2D eigenvalue weighted by atomic mass is 16.7. The van der Waals surface area contributed by atoms with Crippen LogP contribution >= 0.6 is 0 Å². The van der Waals surface area contributed by atoms with Crippen LogP contribution < -0.4 is 9.47 Å². The van der Waals surface area contributed by atoms with Gasteiger partial charge in [-0.3, -0.25) is 14.9 Å². The van der Waals surface area contributed by atoms with Gasteiger partial charge < -0.3 is 33.2 Å². The molecule has 0 aromatic heterocycles. The second-order valence-electron chi connectivity index (χ2n) is 8.51. The molecule has 1 aliphatic rings. The maximum Gasteiger partial charge on any atom is 0.514 e. The minimum Gasteiger partial charge on any atom is -0.467 e. The lowest BCUT2D eigenvalue weighted by Crippen LogP contribution is -2.44. The van der Waals surface area contributed by atoms with Crippen LogP contribution in [0.25, 0.3) is 0 Å². The summed E-state index contributed by atoms with van der Waals surface area (Å²) in [4.78, 5) is 58.7. The fourth-order valence-corrected chi connectivity index (χ4v) is 3.72. The maximum atomic E-state index is 12.8. The molecule has 0 unspecified atom stereocenters. The average Bonchev–Trinajstić information content (AvgIpc) is 2.94. The summed E-state index contributed by atoms with van der Waals surface area (Å²) in [5.41, 5.74) is 0.132. The number of nitro groups is 1. The molecular weight excluding hydrogens is 546 g/mol. The second kappa shape index (κ2) is 14.4. The number of methoxy groups -OCH3 is 1. The molecule has 14 nitrogen and oxygen atoms in total. The van der Waals surface area contributed by atoms with Gasteiger partial charge in [0.2, 0.25) is 6.29 Å². The van der Waals surface area contributed by atoms with Gasteiger partial charge >= 0.3 is 24.1 Å². The fourth-order valence-electron chi connectivity index (χ4n) is 3.72. The lowest BCUT2D eigenvalue weighted by Gasteiger charge is -2.33. The smallest absolute Gasteiger partial charge is 0.467 e. The van der Waals surface area contributed by atoms with E-state index in [1.807, 2.05) is 0 Å². The Labute approximate surface area is 233 Å². The molecule has 14 heteroatoms. The number of rotatable bonds is 11. The third kappa shape index (κ3) is 9.03. The number of ether oxygens (including phenoxy) is 7. The quantitative estimate of drug-likeness (QED) is 0.0951. The van der Waals surface area contributed by atoms with Gasteiger partial charge in [-0.05, 0) is 29.8 Å². The first-order valence-corrected chi connectivity index (χ1v) is 12.2. The van der Waals surface area contributed by atoms with Gasteiger partial charge in [-0.25, -0.2) is 14.4 Å². The molecule has 0 spiro atoms. The van der Waals surface area contributed by atoms with Crippen LogP contribution in [-0.2, 0) is 39.9 Å². The molecule has 0 bridgehead atoms. The van der Waals surface area contributed by atoms with Crippen LogP contribution in [0.1, 0.15) is 35.7 Å². The van der Waals surface area contributed by atoms with Crippen LogP contribution in [0.5, 0.6) is 11.5 Å². The minimum atomic E-state index is -1.10. The molecule has 1 heterocycles. The molecule has 0 amide bonds. The molecule has 1 fully saturated rings. The molecular formula is C27H27NO13. The van der Waals surface area contributed by atoms with E-state index in [-0.39, 0.29) is 48.8 Å². The predicted molar refractivity (Wildman–Crippen MR) is 137 cm³/mol. The van der Waals surface area contributed by atoms with Crippen molar-refractivity contribution in [3.63, 3.8) is 0 Å². The summed E-state index contributed by atoms with van der Waals surface area (Å²) in [5, 5.41) is 10.8. The Morgan fingerprint density at radius 1 is 1.10 bits per heavy atom. The van der Waals surface area contributed by atoms with Crippen molar-refractivity contribution in [1.29, 1.82) is 0 Å². The van der Waals surface area contributed by atoms with Gasteiger partial charge in [-0.1, -0.05) is 18.7 Å².